The average Bonchev–Trinajstić information content (AvgIpc) is 2.74. The van der Waals surface area contributed by atoms with E-state index >= 15 is 0 Å². The molecule has 3 rings (SSSR count). The molecule has 6 nitrogen and oxygen atoms in total. The maximum absolute atomic E-state index is 12.5. The average molecular weight is 454 g/mol. The van der Waals surface area contributed by atoms with Gasteiger partial charge in [0.15, 0.2) is 0 Å². The molecule has 7 heteroatoms. The molecule has 0 saturated carbocycles. The number of carbonyl (C=O) groups is 2. The minimum Gasteiger partial charge on any atom is -0.488 e. The Morgan fingerprint density at radius 2 is 1.79 bits per heavy atom. The van der Waals surface area contributed by atoms with Gasteiger partial charge in [-0.3, -0.25) is 14.6 Å². The first kappa shape index (κ1) is 20.5. The molecular formula is C22H20BrN3O3. The SMILES string of the molecule is O=C(CCNC(=O)c1ccccc1OCc1ccccc1Br)Nc1cccnc1. The molecule has 2 N–H and O–H groups in total. The second-order valence-electron chi connectivity index (χ2n) is 6.17. The fraction of sp³-hybridized carbons (Fsp3) is 0.136. The highest BCUT2D eigenvalue weighted by atomic mass is 79.9. The number of halogens is 1. The third-order valence-electron chi connectivity index (χ3n) is 4.06. The summed E-state index contributed by atoms with van der Waals surface area (Å²) in [7, 11) is 0. The van der Waals surface area contributed by atoms with Crippen LogP contribution in [-0.2, 0) is 11.4 Å². The molecule has 0 atom stereocenters. The van der Waals surface area contributed by atoms with Gasteiger partial charge in [0.05, 0.1) is 17.4 Å². The summed E-state index contributed by atoms with van der Waals surface area (Å²) in [5.41, 5.74) is 2.02. The second-order valence-corrected chi connectivity index (χ2v) is 7.03. The van der Waals surface area contributed by atoms with Gasteiger partial charge in [0.25, 0.3) is 5.91 Å². The molecule has 0 saturated heterocycles. The minimum atomic E-state index is -0.290. The lowest BCUT2D eigenvalue weighted by Gasteiger charge is -2.12. The fourth-order valence-electron chi connectivity index (χ4n) is 2.60. The molecular weight excluding hydrogens is 434 g/mol. The molecule has 29 heavy (non-hydrogen) atoms. The van der Waals surface area contributed by atoms with Gasteiger partial charge < -0.3 is 15.4 Å². The lowest BCUT2D eigenvalue weighted by Crippen LogP contribution is -2.28. The van der Waals surface area contributed by atoms with Crippen molar-refractivity contribution in [1.82, 2.24) is 10.3 Å². The summed E-state index contributed by atoms with van der Waals surface area (Å²) in [6.07, 6.45) is 3.35. The maximum atomic E-state index is 12.5. The van der Waals surface area contributed by atoms with E-state index in [1.165, 1.54) is 0 Å². The molecule has 1 heterocycles. The van der Waals surface area contributed by atoms with E-state index in [4.69, 9.17) is 4.74 Å². The van der Waals surface area contributed by atoms with Crippen LogP contribution < -0.4 is 15.4 Å². The maximum Gasteiger partial charge on any atom is 0.255 e. The van der Waals surface area contributed by atoms with Crippen LogP contribution in [0.3, 0.4) is 0 Å². The number of benzene rings is 2. The monoisotopic (exact) mass is 453 g/mol. The number of amides is 2. The summed E-state index contributed by atoms with van der Waals surface area (Å²) in [4.78, 5) is 28.4. The number of rotatable bonds is 8. The molecule has 2 amide bonds. The molecule has 0 unspecified atom stereocenters. The molecule has 0 bridgehead atoms. The van der Waals surface area contributed by atoms with Crippen molar-refractivity contribution in [3.05, 3.63) is 88.7 Å². The van der Waals surface area contributed by atoms with E-state index in [1.54, 1.807) is 42.7 Å². The van der Waals surface area contributed by atoms with E-state index in [-0.39, 0.29) is 24.8 Å². The van der Waals surface area contributed by atoms with Gasteiger partial charge in [-0.2, -0.15) is 0 Å². The van der Waals surface area contributed by atoms with Crippen LogP contribution >= 0.6 is 15.9 Å². The van der Waals surface area contributed by atoms with Crippen molar-refractivity contribution in [1.29, 1.82) is 0 Å². The van der Waals surface area contributed by atoms with Gasteiger partial charge in [-0.1, -0.05) is 46.3 Å². The predicted octanol–water partition coefficient (Wildman–Crippen LogP) is 4.18. The van der Waals surface area contributed by atoms with Crippen molar-refractivity contribution in [3.8, 4) is 5.75 Å². The van der Waals surface area contributed by atoms with Crippen molar-refractivity contribution >= 4 is 33.4 Å². The molecule has 148 valence electrons. The number of para-hydroxylation sites is 1. The van der Waals surface area contributed by atoms with Crippen LogP contribution in [0.5, 0.6) is 5.75 Å². The third kappa shape index (κ3) is 6.15. The van der Waals surface area contributed by atoms with E-state index in [1.807, 2.05) is 30.3 Å². The number of ether oxygens (including phenoxy) is 1. The van der Waals surface area contributed by atoms with E-state index in [0.29, 0.717) is 23.6 Å². The van der Waals surface area contributed by atoms with Crippen LogP contribution in [0, 0.1) is 0 Å². The van der Waals surface area contributed by atoms with Gasteiger partial charge in [-0.05, 0) is 30.3 Å². The zero-order chi connectivity index (χ0) is 20.5. The number of pyridine rings is 1. The van der Waals surface area contributed by atoms with Crippen LogP contribution in [-0.4, -0.2) is 23.3 Å². The topological polar surface area (TPSA) is 80.3 Å². The Balaban J connectivity index is 1.53. The van der Waals surface area contributed by atoms with E-state index in [9.17, 15) is 9.59 Å². The zero-order valence-corrected chi connectivity index (χ0v) is 17.2. The van der Waals surface area contributed by atoms with Crippen LogP contribution in [0.25, 0.3) is 0 Å². The summed E-state index contributed by atoms with van der Waals surface area (Å²) < 4.78 is 6.80. The summed E-state index contributed by atoms with van der Waals surface area (Å²) in [6.45, 7) is 0.544. The number of anilines is 1. The number of carbonyl (C=O) groups excluding carboxylic acids is 2. The van der Waals surface area contributed by atoms with Gasteiger partial charge in [0.1, 0.15) is 12.4 Å². The Bertz CT molecular complexity index is 980. The first-order chi connectivity index (χ1) is 14.1. The van der Waals surface area contributed by atoms with Crippen molar-refractivity contribution in [2.24, 2.45) is 0 Å². The van der Waals surface area contributed by atoms with E-state index in [0.717, 1.165) is 10.0 Å². The normalized spacial score (nSPS) is 10.2. The lowest BCUT2D eigenvalue weighted by atomic mass is 10.2. The van der Waals surface area contributed by atoms with E-state index < -0.39 is 0 Å². The van der Waals surface area contributed by atoms with Crippen LogP contribution in [0.1, 0.15) is 22.3 Å². The van der Waals surface area contributed by atoms with Gasteiger partial charge in [-0.15, -0.1) is 0 Å². The highest BCUT2D eigenvalue weighted by Crippen LogP contribution is 2.22. The molecule has 1 aromatic heterocycles. The second kappa shape index (κ2) is 10.4. The number of hydrogen-bond donors (Lipinski definition) is 2. The molecule has 3 aromatic rings. The number of aromatic nitrogens is 1. The zero-order valence-electron chi connectivity index (χ0n) is 15.6. The Morgan fingerprint density at radius 3 is 2.59 bits per heavy atom. The van der Waals surface area contributed by atoms with Crippen LogP contribution in [0.4, 0.5) is 5.69 Å². The largest absolute Gasteiger partial charge is 0.488 e. The third-order valence-corrected chi connectivity index (χ3v) is 4.83. The van der Waals surface area contributed by atoms with Crippen molar-refractivity contribution in [3.63, 3.8) is 0 Å². The van der Waals surface area contributed by atoms with Crippen molar-refractivity contribution in [2.45, 2.75) is 13.0 Å². The van der Waals surface area contributed by atoms with Gasteiger partial charge >= 0.3 is 0 Å². The smallest absolute Gasteiger partial charge is 0.255 e. The molecule has 0 radical (unpaired) electrons. The first-order valence-electron chi connectivity index (χ1n) is 9.07. The molecule has 0 aliphatic carbocycles. The Hall–Kier alpha value is -3.19. The summed E-state index contributed by atoms with van der Waals surface area (Å²) in [5.74, 6) is -0.000711. The van der Waals surface area contributed by atoms with Crippen molar-refractivity contribution in [2.75, 3.05) is 11.9 Å². The quantitative estimate of drug-likeness (QED) is 0.535. The van der Waals surface area contributed by atoms with Gasteiger partial charge in [0, 0.05) is 29.2 Å². The van der Waals surface area contributed by atoms with Crippen LogP contribution in [0.2, 0.25) is 0 Å². The fourth-order valence-corrected chi connectivity index (χ4v) is 3.00. The van der Waals surface area contributed by atoms with Gasteiger partial charge in [0.2, 0.25) is 5.91 Å². The highest BCUT2D eigenvalue weighted by molar-refractivity contribution is 9.10. The Kier molecular flexibility index (Phi) is 7.35. The van der Waals surface area contributed by atoms with Crippen LogP contribution in [0.15, 0.2) is 77.5 Å². The standard InChI is InChI=1S/C22H20BrN3O3/c23-19-9-3-1-6-16(19)15-29-20-10-4-2-8-18(20)22(28)25-13-11-21(27)26-17-7-5-12-24-14-17/h1-10,12,14H,11,13,15H2,(H,25,28)(H,26,27). The molecule has 0 fully saturated rings. The summed E-state index contributed by atoms with van der Waals surface area (Å²) in [6, 6.07) is 18.3. The lowest BCUT2D eigenvalue weighted by molar-refractivity contribution is -0.116. The predicted molar refractivity (Wildman–Crippen MR) is 115 cm³/mol. The highest BCUT2D eigenvalue weighted by Gasteiger charge is 2.13. The Morgan fingerprint density at radius 1 is 1.00 bits per heavy atom. The number of hydrogen-bond acceptors (Lipinski definition) is 4. The first-order valence-corrected chi connectivity index (χ1v) is 9.86. The molecule has 0 aliphatic rings. The summed E-state index contributed by atoms with van der Waals surface area (Å²) in [5, 5.41) is 5.49. The van der Waals surface area contributed by atoms with Crippen molar-refractivity contribution < 1.29 is 14.3 Å². The van der Waals surface area contributed by atoms with Gasteiger partial charge in [-0.25, -0.2) is 0 Å². The molecule has 0 aliphatic heterocycles. The minimum absolute atomic E-state index is 0.153. The number of nitrogens with zero attached hydrogens (tertiary/aromatic N) is 1. The molecule has 0 spiro atoms. The Labute approximate surface area is 177 Å². The number of nitrogens with one attached hydrogen (secondary N) is 2. The molecule has 2 aromatic carbocycles. The summed E-state index contributed by atoms with van der Waals surface area (Å²) >= 11 is 3.49. The van der Waals surface area contributed by atoms with E-state index in [2.05, 4.69) is 31.5 Å².